The molecule has 1 saturated heterocycles. The van der Waals surface area contributed by atoms with Gasteiger partial charge in [0, 0.05) is 12.2 Å². The van der Waals surface area contributed by atoms with Crippen molar-refractivity contribution in [3.05, 3.63) is 22.8 Å². The van der Waals surface area contributed by atoms with Crippen LogP contribution in [0.3, 0.4) is 0 Å². The highest BCUT2D eigenvalue weighted by Crippen LogP contribution is 2.70. The van der Waals surface area contributed by atoms with Crippen LogP contribution < -0.4 is 0 Å². The first kappa shape index (κ1) is 22.3. The zero-order chi connectivity index (χ0) is 22.1. The minimum absolute atomic E-state index is 0.0228. The summed E-state index contributed by atoms with van der Waals surface area (Å²) >= 11 is 6.82. The monoisotopic (exact) mass is 438 g/mol. The molecule has 30 heavy (non-hydrogen) atoms. The lowest BCUT2D eigenvalue weighted by Gasteiger charge is -2.55. The Morgan fingerprint density at radius 3 is 2.70 bits per heavy atom. The smallest absolute Gasteiger partial charge is 0.334 e. The van der Waals surface area contributed by atoms with Crippen LogP contribution in [0.1, 0.15) is 60.8 Å². The molecule has 0 aromatic carbocycles. The summed E-state index contributed by atoms with van der Waals surface area (Å²) in [6.45, 7) is 13.1. The van der Waals surface area contributed by atoms with Crippen LogP contribution in [0.5, 0.6) is 0 Å². The van der Waals surface area contributed by atoms with Crippen molar-refractivity contribution in [1.82, 2.24) is 0 Å². The van der Waals surface area contributed by atoms with Crippen molar-refractivity contribution >= 4 is 17.6 Å². The Morgan fingerprint density at radius 2 is 2.07 bits per heavy atom. The average Bonchev–Trinajstić information content (AvgIpc) is 3.32. The number of epoxide rings is 1. The Bertz CT molecular complexity index is 803. The Labute approximate surface area is 184 Å². The highest BCUT2D eigenvalue weighted by molar-refractivity contribution is 6.23. The van der Waals surface area contributed by atoms with Crippen molar-refractivity contribution in [2.75, 3.05) is 13.2 Å². The van der Waals surface area contributed by atoms with Gasteiger partial charge in [0.1, 0.15) is 23.9 Å². The van der Waals surface area contributed by atoms with Crippen LogP contribution in [0.25, 0.3) is 0 Å². The molecule has 5 aliphatic rings. The molecule has 168 valence electrons. The van der Waals surface area contributed by atoms with E-state index >= 15 is 0 Å². The number of hydrogen-bond acceptors (Lipinski definition) is 5. The van der Waals surface area contributed by atoms with Crippen molar-refractivity contribution in [2.45, 2.75) is 89.6 Å². The molecule has 2 aliphatic heterocycles. The van der Waals surface area contributed by atoms with Gasteiger partial charge in [-0.25, -0.2) is 4.79 Å². The fourth-order valence-electron chi connectivity index (χ4n) is 6.52. The number of alkyl halides is 1. The third-order valence-corrected chi connectivity index (χ3v) is 8.62. The fourth-order valence-corrected chi connectivity index (χ4v) is 7.01. The van der Waals surface area contributed by atoms with Gasteiger partial charge in [0.05, 0.1) is 11.5 Å². The Balaban J connectivity index is 0.00000106. The second-order valence-corrected chi connectivity index (χ2v) is 10.0. The van der Waals surface area contributed by atoms with Crippen LogP contribution in [0.15, 0.2) is 22.8 Å². The maximum atomic E-state index is 12.1. The van der Waals surface area contributed by atoms with E-state index in [4.69, 9.17) is 25.8 Å². The number of hydrogen-bond donors (Lipinski definition) is 1. The van der Waals surface area contributed by atoms with Gasteiger partial charge >= 0.3 is 5.97 Å². The van der Waals surface area contributed by atoms with Crippen LogP contribution in [-0.4, -0.2) is 53.1 Å². The van der Waals surface area contributed by atoms with Gasteiger partial charge in [-0.2, -0.15) is 0 Å². The summed E-state index contributed by atoms with van der Waals surface area (Å²) in [6.07, 6.45) is 3.94. The average molecular weight is 439 g/mol. The normalized spacial score (nSPS) is 46.0. The largest absolute Gasteiger partial charge is 0.458 e. The summed E-state index contributed by atoms with van der Waals surface area (Å²) < 4.78 is 17.9. The van der Waals surface area contributed by atoms with Crippen molar-refractivity contribution < 1.29 is 24.1 Å². The number of carbonyl (C=O) groups is 1. The van der Waals surface area contributed by atoms with E-state index in [9.17, 15) is 9.90 Å². The molecule has 2 heterocycles. The van der Waals surface area contributed by atoms with Gasteiger partial charge in [0.15, 0.2) is 0 Å². The van der Waals surface area contributed by atoms with Crippen LogP contribution in [0.4, 0.5) is 0 Å². The second kappa shape index (κ2) is 7.33. The summed E-state index contributed by atoms with van der Waals surface area (Å²) in [4.78, 5) is 12.1. The van der Waals surface area contributed by atoms with E-state index < -0.39 is 22.7 Å². The van der Waals surface area contributed by atoms with E-state index in [0.717, 1.165) is 36.0 Å². The first-order valence-corrected chi connectivity index (χ1v) is 11.9. The number of ether oxygens (including phenoxy) is 3. The van der Waals surface area contributed by atoms with E-state index in [0.29, 0.717) is 13.2 Å². The summed E-state index contributed by atoms with van der Waals surface area (Å²) in [6, 6.07) is 0. The molecule has 1 N–H and O–H groups in total. The zero-order valence-electron chi connectivity index (χ0n) is 19.0. The maximum absolute atomic E-state index is 12.1. The minimum atomic E-state index is -1.19. The second-order valence-electron chi connectivity index (χ2n) is 9.54. The summed E-state index contributed by atoms with van der Waals surface area (Å²) in [5.41, 5.74) is 1.22. The highest BCUT2D eigenvalue weighted by atomic mass is 35.5. The van der Waals surface area contributed by atoms with Gasteiger partial charge < -0.3 is 19.3 Å². The molecule has 0 bridgehead atoms. The lowest BCUT2D eigenvalue weighted by molar-refractivity contribution is -0.160. The number of aliphatic hydroxyl groups is 1. The summed E-state index contributed by atoms with van der Waals surface area (Å²) in [7, 11) is 0. The predicted octanol–water partition coefficient (Wildman–Crippen LogP) is 4.16. The molecule has 3 aliphatic carbocycles. The third kappa shape index (κ3) is 2.61. The lowest BCUT2D eigenvalue weighted by Crippen LogP contribution is -2.66. The maximum Gasteiger partial charge on any atom is 0.334 e. The van der Waals surface area contributed by atoms with Crippen LogP contribution >= 0.6 is 11.6 Å². The first-order valence-electron chi connectivity index (χ1n) is 11.5. The van der Waals surface area contributed by atoms with E-state index in [1.807, 2.05) is 40.7 Å². The summed E-state index contributed by atoms with van der Waals surface area (Å²) in [5, 5.41) is 11.1. The van der Waals surface area contributed by atoms with Gasteiger partial charge in [-0.1, -0.05) is 40.7 Å². The molecule has 5 rings (SSSR count). The Morgan fingerprint density at radius 1 is 1.37 bits per heavy atom. The molecule has 7 atom stereocenters. The molecule has 1 spiro atoms. The number of halogens is 1. The van der Waals surface area contributed by atoms with E-state index in [2.05, 4.69) is 6.92 Å². The molecule has 6 heteroatoms. The van der Waals surface area contributed by atoms with E-state index in [1.165, 1.54) is 0 Å². The van der Waals surface area contributed by atoms with Crippen molar-refractivity contribution in [1.29, 1.82) is 0 Å². The van der Waals surface area contributed by atoms with Crippen molar-refractivity contribution in [2.24, 2.45) is 17.3 Å². The summed E-state index contributed by atoms with van der Waals surface area (Å²) in [5.74, 6) is -0.0126. The van der Waals surface area contributed by atoms with Gasteiger partial charge in [0.25, 0.3) is 0 Å². The molecule has 0 amide bonds. The van der Waals surface area contributed by atoms with E-state index in [-0.39, 0.29) is 29.3 Å². The zero-order valence-corrected chi connectivity index (χ0v) is 19.7. The Kier molecular flexibility index (Phi) is 5.45. The Hall–Kier alpha value is -0.880. The number of esters is 1. The number of rotatable bonds is 3. The third-order valence-electron chi connectivity index (χ3n) is 8.14. The lowest BCUT2D eigenvalue weighted by atomic mass is 9.50. The molecule has 0 radical (unpaired) electrons. The number of carbonyl (C=O) groups excluding carboxylic acids is 1. The fraction of sp³-hybridized carbons (Fsp3) is 0.792. The van der Waals surface area contributed by atoms with Gasteiger partial charge in [0.2, 0.25) is 0 Å². The first-order chi connectivity index (χ1) is 14.2. The molecule has 5 nitrogen and oxygen atoms in total. The minimum Gasteiger partial charge on any atom is -0.458 e. The van der Waals surface area contributed by atoms with Crippen molar-refractivity contribution in [3.63, 3.8) is 0 Å². The highest BCUT2D eigenvalue weighted by Gasteiger charge is 2.78. The van der Waals surface area contributed by atoms with Crippen molar-refractivity contribution in [3.8, 4) is 0 Å². The number of cyclic esters (lactones) is 1. The van der Waals surface area contributed by atoms with Crippen LogP contribution in [-0.2, 0) is 19.0 Å². The molecule has 0 aromatic rings. The van der Waals surface area contributed by atoms with E-state index in [1.54, 1.807) is 0 Å². The molecule has 7 unspecified atom stereocenters. The van der Waals surface area contributed by atoms with Crippen LogP contribution in [0, 0.1) is 17.3 Å². The number of fused-ring (bicyclic) bond motifs is 3. The molecule has 2 fully saturated rings. The molecule has 1 saturated carbocycles. The van der Waals surface area contributed by atoms with Gasteiger partial charge in [-0.15, -0.1) is 11.6 Å². The van der Waals surface area contributed by atoms with Gasteiger partial charge in [-0.05, 0) is 54.6 Å². The van der Waals surface area contributed by atoms with Gasteiger partial charge in [-0.3, -0.25) is 0 Å². The standard InChI is InChI=1S/C22H29ClO5.C2H6/c1-5-26-19-21(25,11(2)3)16(23)9-15-20(4)7-6-12-13(10-27-18(12)24)14(20)8-17-22(15,19)28-17;1-2/h9,11,14,16-17,19,25H,5-8,10H2,1-4H3;1-2H3. The predicted molar refractivity (Wildman–Crippen MR) is 115 cm³/mol. The molecular weight excluding hydrogens is 404 g/mol. The SMILES string of the molecule is CC.CCOC1C23OC2CC2C4=C(CCC2(C)C3=CC(Cl)C1(O)C(C)C)C(=O)OC4. The molecular formula is C24H35ClO5. The van der Waals surface area contributed by atoms with Crippen LogP contribution in [0.2, 0.25) is 0 Å². The molecule has 0 aromatic heterocycles. The topological polar surface area (TPSA) is 68.3 Å². The quantitative estimate of drug-likeness (QED) is 0.310.